The average Bonchev–Trinajstić information content (AvgIpc) is 2.58. The Bertz CT molecular complexity index is 220. The van der Waals surface area contributed by atoms with Gasteiger partial charge in [-0.15, -0.1) is 0 Å². The van der Waals surface area contributed by atoms with Gasteiger partial charge < -0.3 is 24.0 Å². The van der Waals surface area contributed by atoms with E-state index in [4.69, 9.17) is 0 Å². The molecule has 1 aromatic heterocycles. The topological polar surface area (TPSA) is 17.8 Å². The summed E-state index contributed by atoms with van der Waals surface area (Å²) in [7, 11) is 2.01. The maximum absolute atomic E-state index is 4.09. The molecule has 1 fully saturated rings. The molecule has 1 saturated carbocycles. The second kappa shape index (κ2) is 4.84. The number of halogens is 1. The fourth-order valence-electron chi connectivity index (χ4n) is 1.16. The van der Waals surface area contributed by atoms with Crippen molar-refractivity contribution in [2.45, 2.75) is 18.8 Å². The van der Waals surface area contributed by atoms with Gasteiger partial charge in [-0.1, -0.05) is 0 Å². The Morgan fingerprint density at radius 2 is 2.18 bits per heavy atom. The van der Waals surface area contributed by atoms with Crippen LogP contribution < -0.4 is 53.5 Å². The predicted octanol–water partition coefficient (Wildman–Crippen LogP) is -4.69. The van der Waals surface area contributed by atoms with Crippen LogP contribution in [0.3, 0.4) is 0 Å². The molecule has 4 heteroatoms. The van der Waals surface area contributed by atoms with Crippen LogP contribution in [0.2, 0.25) is 0 Å². The fraction of sp³-hybridized carbons (Fsp3) is 0.571. The van der Waals surface area contributed by atoms with E-state index in [9.17, 15) is 0 Å². The van der Waals surface area contributed by atoms with E-state index in [1.807, 2.05) is 17.9 Å². The van der Waals surface area contributed by atoms with Crippen molar-refractivity contribution in [1.29, 1.82) is 0 Å². The molecule has 0 N–H and O–H groups in total. The van der Waals surface area contributed by atoms with Gasteiger partial charge in [0.1, 0.15) is 0 Å². The van der Waals surface area contributed by atoms with Gasteiger partial charge in [0.25, 0.3) is 0 Å². The molecular weight excluding hydrogens is 262 g/mol. The molecule has 0 atom stereocenters. The number of hydrogen-bond acceptors (Lipinski definition) is 1. The van der Waals surface area contributed by atoms with E-state index in [0.29, 0.717) is 0 Å². The third-order valence-corrected chi connectivity index (χ3v) is 1.85. The maximum Gasteiger partial charge on any atom is 1.00 e. The van der Waals surface area contributed by atoms with Crippen LogP contribution in [0.1, 0.15) is 24.5 Å². The molecule has 2 rings (SSSR count). The average molecular weight is 272 g/mol. The van der Waals surface area contributed by atoms with Crippen LogP contribution in [-0.4, -0.2) is 9.78 Å². The zero-order valence-corrected chi connectivity index (χ0v) is 11.1. The van der Waals surface area contributed by atoms with Crippen molar-refractivity contribution in [1.82, 2.24) is 9.78 Å². The molecule has 1 aromatic rings. The Morgan fingerprint density at radius 3 is 2.55 bits per heavy atom. The fourth-order valence-corrected chi connectivity index (χ4v) is 1.16. The quantitative estimate of drug-likeness (QED) is 0.371. The van der Waals surface area contributed by atoms with Gasteiger partial charge in [-0.3, -0.25) is 4.68 Å². The van der Waals surface area contributed by atoms with Crippen molar-refractivity contribution in [2.24, 2.45) is 7.05 Å². The summed E-state index contributed by atoms with van der Waals surface area (Å²) in [4.78, 5) is 0. The van der Waals surface area contributed by atoms with Crippen LogP contribution in [0.4, 0.5) is 0 Å². The first-order valence-corrected chi connectivity index (χ1v) is 3.36. The molecule has 0 saturated heterocycles. The van der Waals surface area contributed by atoms with Crippen LogP contribution >= 0.6 is 0 Å². The van der Waals surface area contributed by atoms with Crippen LogP contribution in [0.25, 0.3) is 0 Å². The Hall–Kier alpha value is 0.940. The van der Waals surface area contributed by atoms with E-state index >= 15 is 0 Å². The van der Waals surface area contributed by atoms with Gasteiger partial charge in [0.2, 0.25) is 0 Å². The van der Waals surface area contributed by atoms with Crippen LogP contribution in [0.5, 0.6) is 0 Å². The second-order valence-electron chi connectivity index (χ2n) is 2.65. The normalized spacial score (nSPS) is 15.0. The van der Waals surface area contributed by atoms with Crippen LogP contribution in [-0.2, 0) is 7.05 Å². The maximum atomic E-state index is 4.09. The van der Waals surface area contributed by atoms with Crippen molar-refractivity contribution in [3.05, 3.63) is 18.0 Å². The summed E-state index contributed by atoms with van der Waals surface area (Å²) in [6.45, 7) is 0. The number of rotatable bonds is 1. The molecule has 0 spiro atoms. The first-order valence-electron chi connectivity index (χ1n) is 3.36. The summed E-state index contributed by atoms with van der Waals surface area (Å²) in [6, 6.07) is 2.11. The number of nitrogens with zero attached hydrogens (tertiary/aromatic N) is 2. The summed E-state index contributed by atoms with van der Waals surface area (Å²) in [5.41, 5.74) is 1.40. The van der Waals surface area contributed by atoms with E-state index in [0.717, 1.165) is 5.92 Å². The van der Waals surface area contributed by atoms with Crippen molar-refractivity contribution in [3.63, 3.8) is 0 Å². The van der Waals surface area contributed by atoms with Crippen molar-refractivity contribution < 1.29 is 53.5 Å². The van der Waals surface area contributed by atoms with E-state index < -0.39 is 0 Å². The Balaban J connectivity index is 0.000000500. The summed E-state index contributed by atoms with van der Waals surface area (Å²) >= 11 is 0. The standard InChI is InChI=1S/C7H10N2.HI.Na/c1-9-7(4-5-8-9)6-2-3-6;;/h4-6H,2-3H2,1H3;1H;/q;;+1/p-1. The summed E-state index contributed by atoms with van der Waals surface area (Å²) < 4.78 is 1.97. The molecule has 1 heterocycles. The van der Waals surface area contributed by atoms with E-state index in [2.05, 4.69) is 11.2 Å². The summed E-state index contributed by atoms with van der Waals surface area (Å²) in [5, 5.41) is 4.09. The molecule has 0 unspecified atom stereocenters. The molecule has 0 radical (unpaired) electrons. The van der Waals surface area contributed by atoms with Crippen molar-refractivity contribution >= 4 is 0 Å². The molecule has 1 aliphatic carbocycles. The van der Waals surface area contributed by atoms with E-state index in [1.54, 1.807) is 0 Å². The predicted molar refractivity (Wildman–Crippen MR) is 35.2 cm³/mol. The van der Waals surface area contributed by atoms with Crippen molar-refractivity contribution in [3.8, 4) is 0 Å². The SMILES string of the molecule is Cn1nccc1C1CC1.[I-].[Na+]. The second-order valence-corrected chi connectivity index (χ2v) is 2.65. The molecule has 0 bridgehead atoms. The molecule has 0 aromatic carbocycles. The Kier molecular flexibility index (Phi) is 5.26. The smallest absolute Gasteiger partial charge is 1.00 e. The zero-order chi connectivity index (χ0) is 6.27. The minimum absolute atomic E-state index is 0. The van der Waals surface area contributed by atoms with Crippen molar-refractivity contribution in [2.75, 3.05) is 0 Å². The molecule has 11 heavy (non-hydrogen) atoms. The minimum Gasteiger partial charge on any atom is -1.00 e. The Labute approximate surface area is 106 Å². The van der Waals surface area contributed by atoms with E-state index in [1.165, 1.54) is 18.5 Å². The molecule has 0 amide bonds. The Morgan fingerprint density at radius 1 is 1.55 bits per heavy atom. The van der Waals surface area contributed by atoms with Gasteiger partial charge in [0.15, 0.2) is 0 Å². The van der Waals surface area contributed by atoms with Gasteiger partial charge >= 0.3 is 29.6 Å². The number of aromatic nitrogens is 2. The molecular formula is C7H10IN2Na. The third kappa shape index (κ3) is 2.72. The van der Waals surface area contributed by atoms with Crippen LogP contribution in [0, 0.1) is 0 Å². The molecule has 56 valence electrons. The first kappa shape index (κ1) is 11.9. The summed E-state index contributed by atoms with van der Waals surface area (Å²) in [5.74, 6) is 0.831. The molecule has 2 nitrogen and oxygen atoms in total. The zero-order valence-electron chi connectivity index (χ0n) is 6.92. The monoisotopic (exact) mass is 272 g/mol. The summed E-state index contributed by atoms with van der Waals surface area (Å²) in [6.07, 6.45) is 4.59. The van der Waals surface area contributed by atoms with Gasteiger partial charge in [-0.2, -0.15) is 5.10 Å². The van der Waals surface area contributed by atoms with E-state index in [-0.39, 0.29) is 53.5 Å². The van der Waals surface area contributed by atoms with Crippen LogP contribution in [0.15, 0.2) is 12.3 Å². The van der Waals surface area contributed by atoms with Gasteiger partial charge in [0, 0.05) is 24.9 Å². The van der Waals surface area contributed by atoms with Gasteiger partial charge in [-0.25, -0.2) is 0 Å². The minimum atomic E-state index is 0. The first-order chi connectivity index (χ1) is 4.38. The molecule has 0 aliphatic heterocycles. The van der Waals surface area contributed by atoms with Gasteiger partial charge in [0.05, 0.1) is 0 Å². The third-order valence-electron chi connectivity index (χ3n) is 1.85. The van der Waals surface area contributed by atoms with Gasteiger partial charge in [-0.05, 0) is 18.9 Å². The number of aryl methyl sites for hydroxylation is 1. The largest absolute Gasteiger partial charge is 1.00 e. The molecule has 1 aliphatic rings. The number of hydrogen-bond donors (Lipinski definition) is 0.